The van der Waals surface area contributed by atoms with Gasteiger partial charge in [-0.2, -0.15) is 0 Å². The molecule has 2 aromatic carbocycles. The van der Waals surface area contributed by atoms with Crippen molar-refractivity contribution < 1.29 is 4.79 Å². The first kappa shape index (κ1) is 17.2. The molecule has 0 heterocycles. The molecule has 0 aliphatic carbocycles. The van der Waals surface area contributed by atoms with E-state index < -0.39 is 0 Å². The summed E-state index contributed by atoms with van der Waals surface area (Å²) < 4.78 is 0. The van der Waals surface area contributed by atoms with Crippen molar-refractivity contribution in [3.05, 3.63) is 59.7 Å². The summed E-state index contributed by atoms with van der Waals surface area (Å²) in [6.07, 6.45) is 2.32. The SMILES string of the molecule is CCCSc1ccc(C(=O)c2ccc(SCCC)cc2)cc1. The van der Waals surface area contributed by atoms with Gasteiger partial charge in [0.1, 0.15) is 0 Å². The van der Waals surface area contributed by atoms with Crippen molar-refractivity contribution in [3.63, 3.8) is 0 Å². The molecule has 22 heavy (non-hydrogen) atoms. The van der Waals surface area contributed by atoms with Crippen LogP contribution in [0.4, 0.5) is 0 Å². The molecule has 0 saturated heterocycles. The van der Waals surface area contributed by atoms with Crippen LogP contribution in [0.5, 0.6) is 0 Å². The van der Waals surface area contributed by atoms with E-state index in [1.165, 1.54) is 9.79 Å². The maximum atomic E-state index is 12.5. The predicted molar refractivity (Wildman–Crippen MR) is 98.3 cm³/mol. The number of rotatable bonds is 8. The third-order valence-corrected chi connectivity index (χ3v) is 5.61. The third kappa shape index (κ3) is 4.92. The Labute approximate surface area is 141 Å². The predicted octanol–water partition coefficient (Wildman–Crippen LogP) is 5.92. The number of hydrogen-bond donors (Lipinski definition) is 0. The number of benzene rings is 2. The molecule has 1 nitrogen and oxygen atoms in total. The summed E-state index contributed by atoms with van der Waals surface area (Å²) in [4.78, 5) is 14.9. The van der Waals surface area contributed by atoms with Gasteiger partial charge in [-0.25, -0.2) is 0 Å². The monoisotopic (exact) mass is 330 g/mol. The molecule has 116 valence electrons. The van der Waals surface area contributed by atoms with E-state index in [1.807, 2.05) is 72.1 Å². The van der Waals surface area contributed by atoms with Gasteiger partial charge in [0.25, 0.3) is 0 Å². The van der Waals surface area contributed by atoms with Gasteiger partial charge in [0.15, 0.2) is 5.78 Å². The van der Waals surface area contributed by atoms with Gasteiger partial charge in [0, 0.05) is 20.9 Å². The summed E-state index contributed by atoms with van der Waals surface area (Å²) in [7, 11) is 0. The van der Waals surface area contributed by atoms with Gasteiger partial charge in [-0.3, -0.25) is 4.79 Å². The Kier molecular flexibility index (Phi) is 7.07. The molecular weight excluding hydrogens is 308 g/mol. The summed E-state index contributed by atoms with van der Waals surface area (Å²) in [5.41, 5.74) is 1.52. The van der Waals surface area contributed by atoms with Gasteiger partial charge >= 0.3 is 0 Å². The zero-order valence-corrected chi connectivity index (χ0v) is 14.8. The average Bonchev–Trinajstić information content (AvgIpc) is 2.58. The Hall–Kier alpha value is -1.19. The lowest BCUT2D eigenvalue weighted by molar-refractivity contribution is 0.103. The average molecular weight is 331 g/mol. The lowest BCUT2D eigenvalue weighted by atomic mass is 10.0. The molecule has 0 unspecified atom stereocenters. The van der Waals surface area contributed by atoms with Crippen LogP contribution in [0.2, 0.25) is 0 Å². The van der Waals surface area contributed by atoms with E-state index in [0.717, 1.165) is 35.5 Å². The van der Waals surface area contributed by atoms with Gasteiger partial charge in [-0.05, 0) is 72.9 Å². The number of carbonyl (C=O) groups excluding carboxylic acids is 1. The van der Waals surface area contributed by atoms with Crippen LogP contribution in [0.15, 0.2) is 58.3 Å². The van der Waals surface area contributed by atoms with Gasteiger partial charge in [-0.1, -0.05) is 13.8 Å². The van der Waals surface area contributed by atoms with Crippen LogP contribution in [0.25, 0.3) is 0 Å². The van der Waals surface area contributed by atoms with E-state index in [2.05, 4.69) is 13.8 Å². The number of carbonyl (C=O) groups is 1. The second-order valence-electron chi connectivity index (χ2n) is 5.07. The van der Waals surface area contributed by atoms with Crippen molar-refractivity contribution in [1.29, 1.82) is 0 Å². The molecule has 0 atom stereocenters. The fraction of sp³-hybridized carbons (Fsp3) is 0.316. The molecular formula is C19H22OS2. The van der Waals surface area contributed by atoms with Crippen LogP contribution in [-0.2, 0) is 0 Å². The number of ketones is 1. The molecule has 0 aliphatic rings. The van der Waals surface area contributed by atoms with Crippen molar-refractivity contribution in [2.24, 2.45) is 0 Å². The van der Waals surface area contributed by atoms with E-state index >= 15 is 0 Å². The summed E-state index contributed by atoms with van der Waals surface area (Å²) >= 11 is 3.66. The highest BCUT2D eigenvalue weighted by molar-refractivity contribution is 7.99. The fourth-order valence-electron chi connectivity index (χ4n) is 2.01. The van der Waals surface area contributed by atoms with Gasteiger partial charge in [0.05, 0.1) is 0 Å². The highest BCUT2D eigenvalue weighted by Gasteiger charge is 2.09. The quantitative estimate of drug-likeness (QED) is 0.441. The van der Waals surface area contributed by atoms with Crippen molar-refractivity contribution in [1.82, 2.24) is 0 Å². The first-order chi connectivity index (χ1) is 10.7. The van der Waals surface area contributed by atoms with Gasteiger partial charge < -0.3 is 0 Å². The number of thioether (sulfide) groups is 2. The van der Waals surface area contributed by atoms with Crippen LogP contribution in [-0.4, -0.2) is 17.3 Å². The Bertz CT molecular complexity index is 534. The Balaban J connectivity index is 2.04. The molecule has 0 radical (unpaired) electrons. The van der Waals surface area contributed by atoms with Crippen LogP contribution < -0.4 is 0 Å². The minimum Gasteiger partial charge on any atom is -0.289 e. The van der Waals surface area contributed by atoms with Gasteiger partial charge in [0.2, 0.25) is 0 Å². The molecule has 0 aliphatic heterocycles. The summed E-state index contributed by atoms with van der Waals surface area (Å²) in [5.74, 6) is 2.33. The van der Waals surface area contributed by atoms with Crippen molar-refractivity contribution in [2.75, 3.05) is 11.5 Å². The highest BCUT2D eigenvalue weighted by Crippen LogP contribution is 2.22. The Morgan fingerprint density at radius 2 is 1.09 bits per heavy atom. The maximum absolute atomic E-state index is 12.5. The normalized spacial score (nSPS) is 10.6. The maximum Gasteiger partial charge on any atom is 0.193 e. The van der Waals surface area contributed by atoms with Crippen molar-refractivity contribution in [2.45, 2.75) is 36.5 Å². The van der Waals surface area contributed by atoms with Crippen LogP contribution in [0.3, 0.4) is 0 Å². The smallest absolute Gasteiger partial charge is 0.193 e. The van der Waals surface area contributed by atoms with E-state index in [4.69, 9.17) is 0 Å². The van der Waals surface area contributed by atoms with E-state index in [9.17, 15) is 4.79 Å². The Morgan fingerprint density at radius 3 is 1.41 bits per heavy atom. The first-order valence-electron chi connectivity index (χ1n) is 7.75. The van der Waals surface area contributed by atoms with Crippen molar-refractivity contribution in [3.8, 4) is 0 Å². The second kappa shape index (κ2) is 9.06. The van der Waals surface area contributed by atoms with E-state index in [1.54, 1.807) is 0 Å². The first-order valence-corrected chi connectivity index (χ1v) is 9.72. The van der Waals surface area contributed by atoms with E-state index in [0.29, 0.717) is 0 Å². The molecule has 2 rings (SSSR count). The molecule has 0 N–H and O–H groups in total. The fourth-order valence-corrected chi connectivity index (χ4v) is 3.55. The highest BCUT2D eigenvalue weighted by atomic mass is 32.2. The van der Waals surface area contributed by atoms with Gasteiger partial charge in [-0.15, -0.1) is 23.5 Å². The summed E-state index contributed by atoms with van der Waals surface area (Å²) in [6.45, 7) is 4.35. The zero-order chi connectivity index (χ0) is 15.8. The minimum absolute atomic E-state index is 0.0964. The van der Waals surface area contributed by atoms with Crippen molar-refractivity contribution >= 4 is 29.3 Å². The molecule has 0 aromatic heterocycles. The molecule has 0 spiro atoms. The zero-order valence-electron chi connectivity index (χ0n) is 13.2. The molecule has 0 bridgehead atoms. The van der Waals surface area contributed by atoms with E-state index in [-0.39, 0.29) is 5.78 Å². The molecule has 0 fully saturated rings. The lowest BCUT2D eigenvalue weighted by Gasteiger charge is -2.05. The molecule has 2 aromatic rings. The topological polar surface area (TPSA) is 17.1 Å². The standard InChI is InChI=1S/C19H22OS2/c1-3-13-21-17-9-5-15(6-10-17)19(20)16-7-11-18(12-8-16)22-14-4-2/h5-12H,3-4,13-14H2,1-2H3. The molecule has 0 saturated carbocycles. The van der Waals surface area contributed by atoms with Crippen LogP contribution in [0.1, 0.15) is 42.6 Å². The van der Waals surface area contributed by atoms with Crippen LogP contribution >= 0.6 is 23.5 Å². The summed E-state index contributed by atoms with van der Waals surface area (Å²) in [6, 6.07) is 15.9. The van der Waals surface area contributed by atoms with Crippen LogP contribution in [0, 0.1) is 0 Å². The minimum atomic E-state index is 0.0964. The lowest BCUT2D eigenvalue weighted by Crippen LogP contribution is -2.00. The summed E-state index contributed by atoms with van der Waals surface area (Å²) in [5, 5.41) is 0. The largest absolute Gasteiger partial charge is 0.289 e. The second-order valence-corrected chi connectivity index (χ2v) is 7.41. The number of hydrogen-bond acceptors (Lipinski definition) is 3. The molecule has 3 heteroatoms. The third-order valence-electron chi connectivity index (χ3n) is 3.18. The Morgan fingerprint density at radius 1 is 0.727 bits per heavy atom. The molecule has 0 amide bonds.